The summed E-state index contributed by atoms with van der Waals surface area (Å²) in [6, 6.07) is 2.78. The molecule has 1 aliphatic heterocycles. The fourth-order valence-corrected chi connectivity index (χ4v) is 4.90. The number of aryl methyl sites for hydroxylation is 2. The van der Waals surface area contributed by atoms with Crippen molar-refractivity contribution >= 4 is 33.5 Å². The van der Waals surface area contributed by atoms with Gasteiger partial charge in [-0.2, -0.15) is 14.9 Å². The summed E-state index contributed by atoms with van der Waals surface area (Å²) in [6.07, 6.45) is 1.89. The minimum atomic E-state index is -3.05. The molecule has 2 aromatic heterocycles. The van der Waals surface area contributed by atoms with Crippen LogP contribution in [0.5, 0.6) is 0 Å². The topological polar surface area (TPSA) is 112 Å². The van der Waals surface area contributed by atoms with Crippen LogP contribution in [0.2, 0.25) is 5.15 Å². The molecule has 0 saturated carbocycles. The lowest BCUT2D eigenvalue weighted by molar-refractivity contribution is 0.497. The summed E-state index contributed by atoms with van der Waals surface area (Å²) in [5, 5.41) is 8.74. The lowest BCUT2D eigenvalue weighted by Gasteiger charge is -2.09. The zero-order chi connectivity index (χ0) is 18.4. The normalized spacial score (nSPS) is 19.7. The summed E-state index contributed by atoms with van der Waals surface area (Å²) < 4.78 is 25.9. The van der Waals surface area contributed by atoms with Crippen LogP contribution in [0.15, 0.2) is 22.0 Å². The molecule has 2 N–H and O–H groups in total. The Morgan fingerprint density at radius 3 is 2.72 bits per heavy atom. The van der Waals surface area contributed by atoms with E-state index in [1.807, 2.05) is 0 Å². The summed E-state index contributed by atoms with van der Waals surface area (Å²) >= 11 is 6.37. The van der Waals surface area contributed by atoms with Gasteiger partial charge in [0.05, 0.1) is 35.0 Å². The van der Waals surface area contributed by atoms with Gasteiger partial charge in [0.2, 0.25) is 0 Å². The van der Waals surface area contributed by atoms with E-state index in [2.05, 4.69) is 10.2 Å². The van der Waals surface area contributed by atoms with Crippen LogP contribution in [-0.4, -0.2) is 40.6 Å². The van der Waals surface area contributed by atoms with Crippen LogP contribution in [0.3, 0.4) is 0 Å². The molecular weight excluding hydrogens is 366 g/mol. The molecule has 2 aromatic rings. The van der Waals surface area contributed by atoms with E-state index in [0.29, 0.717) is 22.8 Å². The van der Waals surface area contributed by atoms with Crippen molar-refractivity contribution in [3.8, 4) is 0 Å². The lowest BCUT2D eigenvalue weighted by atomic mass is 10.2. The number of pyridine rings is 1. The van der Waals surface area contributed by atoms with Crippen LogP contribution in [0.4, 0.5) is 5.82 Å². The van der Waals surface area contributed by atoms with Crippen molar-refractivity contribution in [2.75, 3.05) is 17.2 Å². The Morgan fingerprint density at radius 1 is 1.40 bits per heavy atom. The molecule has 3 heterocycles. The third kappa shape index (κ3) is 3.47. The minimum absolute atomic E-state index is 0.0226. The molecule has 0 unspecified atom stereocenters. The minimum Gasteiger partial charge on any atom is -0.384 e. The highest BCUT2D eigenvalue weighted by Crippen LogP contribution is 2.29. The van der Waals surface area contributed by atoms with Crippen molar-refractivity contribution in [3.63, 3.8) is 0 Å². The first-order valence-corrected chi connectivity index (χ1v) is 9.86. The largest absolute Gasteiger partial charge is 0.384 e. The molecule has 0 amide bonds. The van der Waals surface area contributed by atoms with Gasteiger partial charge in [0.25, 0.3) is 5.56 Å². The Balaban J connectivity index is 1.96. The van der Waals surface area contributed by atoms with Gasteiger partial charge in [0.15, 0.2) is 9.84 Å². The van der Waals surface area contributed by atoms with E-state index in [1.165, 1.54) is 17.0 Å². The number of halogens is 1. The number of hydrogen-bond acceptors (Lipinski definition) is 6. The highest BCUT2D eigenvalue weighted by Gasteiger charge is 2.31. The number of nitrogens with two attached hydrogens (primary N) is 1. The quantitative estimate of drug-likeness (QED) is 0.798. The molecule has 0 radical (unpaired) electrons. The highest BCUT2D eigenvalue weighted by molar-refractivity contribution is 7.91. The maximum Gasteiger partial charge on any atom is 0.273 e. The molecule has 0 aliphatic carbocycles. The van der Waals surface area contributed by atoms with E-state index in [9.17, 15) is 13.2 Å². The third-order valence-electron chi connectivity index (χ3n) is 4.11. The van der Waals surface area contributed by atoms with Gasteiger partial charge in [0.1, 0.15) is 11.0 Å². The molecule has 1 aliphatic rings. The second kappa shape index (κ2) is 6.30. The van der Waals surface area contributed by atoms with Gasteiger partial charge in [-0.05, 0) is 31.9 Å². The first kappa shape index (κ1) is 17.7. The van der Waals surface area contributed by atoms with Crippen LogP contribution in [-0.2, 0) is 9.84 Å². The van der Waals surface area contributed by atoms with Crippen molar-refractivity contribution in [1.29, 1.82) is 0 Å². The SMILES string of the molecule is Cc1cc(N)n(N=Cc2c(C)nn([C@H]3CCS(=O)(=O)C3)c2Cl)c(=O)c1. The highest BCUT2D eigenvalue weighted by atomic mass is 35.5. The van der Waals surface area contributed by atoms with E-state index in [1.54, 1.807) is 19.9 Å². The molecule has 1 atom stereocenters. The molecule has 10 heteroatoms. The fraction of sp³-hybridized carbons (Fsp3) is 0.400. The standard InChI is InChI=1S/C15H18ClN5O3S/c1-9-5-13(17)21(14(22)6-9)18-7-12-10(2)19-20(15(12)16)11-3-4-25(23,24)8-11/h5-7,11H,3-4,8,17H2,1-2H3/t11-/m0/s1. The molecule has 1 saturated heterocycles. The molecule has 0 aromatic carbocycles. The predicted molar refractivity (Wildman–Crippen MR) is 97.1 cm³/mol. The summed E-state index contributed by atoms with van der Waals surface area (Å²) in [5.41, 5.74) is 7.34. The van der Waals surface area contributed by atoms with Crippen molar-refractivity contribution in [3.05, 3.63) is 44.5 Å². The molecular formula is C15H18ClN5O3S. The number of hydrogen-bond donors (Lipinski definition) is 1. The van der Waals surface area contributed by atoms with Crippen LogP contribution in [0.25, 0.3) is 0 Å². The van der Waals surface area contributed by atoms with E-state index in [-0.39, 0.29) is 28.9 Å². The number of nitrogen functional groups attached to an aromatic ring is 1. The van der Waals surface area contributed by atoms with Crippen LogP contribution < -0.4 is 11.3 Å². The third-order valence-corrected chi connectivity index (χ3v) is 6.23. The number of rotatable bonds is 3. The Kier molecular flexibility index (Phi) is 4.46. The first-order chi connectivity index (χ1) is 11.7. The number of nitrogens with zero attached hydrogens (tertiary/aromatic N) is 4. The van der Waals surface area contributed by atoms with Crippen LogP contribution in [0.1, 0.15) is 29.3 Å². The summed E-state index contributed by atoms with van der Waals surface area (Å²) in [7, 11) is -3.05. The molecule has 0 bridgehead atoms. The lowest BCUT2D eigenvalue weighted by Crippen LogP contribution is -2.19. The summed E-state index contributed by atoms with van der Waals surface area (Å²) in [4.78, 5) is 12.0. The fourth-order valence-electron chi connectivity index (χ4n) is 2.85. The Morgan fingerprint density at radius 2 is 2.12 bits per heavy atom. The maximum atomic E-state index is 12.0. The van der Waals surface area contributed by atoms with Gasteiger partial charge in [-0.15, -0.1) is 0 Å². The zero-order valence-electron chi connectivity index (χ0n) is 13.8. The number of sulfone groups is 1. The second-order valence-electron chi connectivity index (χ2n) is 6.14. The summed E-state index contributed by atoms with van der Waals surface area (Å²) in [5.74, 6) is 0.366. The predicted octanol–water partition coefficient (Wildman–Crippen LogP) is 1.14. The van der Waals surface area contributed by atoms with Gasteiger partial charge in [-0.3, -0.25) is 4.79 Å². The van der Waals surface area contributed by atoms with E-state index in [0.717, 1.165) is 10.2 Å². The van der Waals surface area contributed by atoms with Crippen molar-refractivity contribution in [1.82, 2.24) is 14.5 Å². The van der Waals surface area contributed by atoms with E-state index < -0.39 is 9.84 Å². The second-order valence-corrected chi connectivity index (χ2v) is 8.73. The smallest absolute Gasteiger partial charge is 0.273 e. The van der Waals surface area contributed by atoms with Gasteiger partial charge >= 0.3 is 0 Å². The Labute approximate surface area is 149 Å². The average Bonchev–Trinajstić information content (AvgIpc) is 2.99. The van der Waals surface area contributed by atoms with Gasteiger partial charge in [-0.25, -0.2) is 13.1 Å². The van der Waals surface area contributed by atoms with Gasteiger partial charge in [0, 0.05) is 6.07 Å². The average molecular weight is 384 g/mol. The molecule has 8 nitrogen and oxygen atoms in total. The first-order valence-electron chi connectivity index (χ1n) is 7.66. The van der Waals surface area contributed by atoms with Crippen LogP contribution >= 0.6 is 11.6 Å². The van der Waals surface area contributed by atoms with Crippen molar-refractivity contribution < 1.29 is 8.42 Å². The Hall–Kier alpha value is -2.13. The zero-order valence-corrected chi connectivity index (χ0v) is 15.4. The Bertz CT molecular complexity index is 1020. The van der Waals surface area contributed by atoms with E-state index >= 15 is 0 Å². The summed E-state index contributed by atoms with van der Waals surface area (Å²) in [6.45, 7) is 3.51. The molecule has 1 fully saturated rings. The number of aromatic nitrogens is 3. The molecule has 134 valence electrons. The number of anilines is 1. The van der Waals surface area contributed by atoms with Gasteiger partial charge < -0.3 is 5.73 Å². The monoisotopic (exact) mass is 383 g/mol. The van der Waals surface area contributed by atoms with Crippen molar-refractivity contribution in [2.45, 2.75) is 26.3 Å². The molecule has 0 spiro atoms. The van der Waals surface area contributed by atoms with Crippen molar-refractivity contribution in [2.24, 2.45) is 5.10 Å². The maximum absolute atomic E-state index is 12.0. The molecule has 25 heavy (non-hydrogen) atoms. The van der Waals surface area contributed by atoms with E-state index in [4.69, 9.17) is 17.3 Å². The van der Waals surface area contributed by atoms with Crippen LogP contribution in [0, 0.1) is 13.8 Å². The molecule has 3 rings (SSSR count). The van der Waals surface area contributed by atoms with Gasteiger partial charge in [-0.1, -0.05) is 11.6 Å².